The van der Waals surface area contributed by atoms with E-state index in [2.05, 4.69) is 9.71 Å². The third-order valence-electron chi connectivity index (χ3n) is 5.20. The maximum absolute atomic E-state index is 13.6. The third-order valence-corrected chi connectivity index (χ3v) is 5.87. The van der Waals surface area contributed by atoms with E-state index in [1.807, 2.05) is 26.8 Å². The van der Waals surface area contributed by atoms with Crippen molar-refractivity contribution < 1.29 is 17.9 Å². The Bertz CT molecular complexity index is 1350. The number of aromatic amines is 1. The quantitative estimate of drug-likeness (QED) is 0.515. The number of H-pyrrole nitrogens is 1. The summed E-state index contributed by atoms with van der Waals surface area (Å²) in [5.74, 6) is 0.163. The Morgan fingerprint density at radius 2 is 1.82 bits per heavy atom. The van der Waals surface area contributed by atoms with Gasteiger partial charge in [0.05, 0.1) is 18.9 Å². The largest absolute Gasteiger partial charge is 0.496 e. The fourth-order valence-electron chi connectivity index (χ4n) is 3.57. The SMILES string of the molecule is COc1c(C(=O)c2cccc(CNS(C)(=O)=O)c2)cc(-c2ccc[nH]c2=O)cc1C(C)(C)C. The molecule has 3 rings (SSSR count). The summed E-state index contributed by atoms with van der Waals surface area (Å²) >= 11 is 0. The van der Waals surface area contributed by atoms with Gasteiger partial charge in [0.2, 0.25) is 10.0 Å². The Hall–Kier alpha value is -3.23. The fraction of sp³-hybridized carbons (Fsp3) is 0.280. The first-order valence-electron chi connectivity index (χ1n) is 10.4. The van der Waals surface area contributed by atoms with Crippen molar-refractivity contribution in [3.63, 3.8) is 0 Å². The standard InChI is InChI=1S/C25H28N2O5S/c1-25(2,3)21-14-18(19-10-7-11-26-24(19)29)13-20(23(21)32-4)22(28)17-9-6-8-16(12-17)15-27-33(5,30)31/h6-14,27H,15H2,1-5H3,(H,26,29). The van der Waals surface area contributed by atoms with Gasteiger partial charge in [-0.2, -0.15) is 0 Å². The zero-order valence-electron chi connectivity index (χ0n) is 19.4. The van der Waals surface area contributed by atoms with E-state index in [0.717, 1.165) is 11.8 Å². The molecule has 3 aromatic rings. The van der Waals surface area contributed by atoms with Crippen LogP contribution in [0.2, 0.25) is 0 Å². The van der Waals surface area contributed by atoms with Crippen LogP contribution in [0.25, 0.3) is 11.1 Å². The van der Waals surface area contributed by atoms with Crippen LogP contribution >= 0.6 is 0 Å². The highest BCUT2D eigenvalue weighted by Crippen LogP contribution is 2.38. The van der Waals surface area contributed by atoms with Gasteiger partial charge in [0.15, 0.2) is 5.78 Å². The topological polar surface area (TPSA) is 105 Å². The van der Waals surface area contributed by atoms with E-state index in [9.17, 15) is 18.0 Å². The molecule has 7 nitrogen and oxygen atoms in total. The Morgan fingerprint density at radius 1 is 1.09 bits per heavy atom. The van der Waals surface area contributed by atoms with Crippen LogP contribution in [0.1, 0.15) is 47.8 Å². The maximum atomic E-state index is 13.6. The van der Waals surface area contributed by atoms with Gasteiger partial charge in [0.1, 0.15) is 5.75 Å². The molecular weight excluding hydrogens is 440 g/mol. The lowest BCUT2D eigenvalue weighted by Crippen LogP contribution is -2.21. The van der Waals surface area contributed by atoms with Crippen molar-refractivity contribution in [2.75, 3.05) is 13.4 Å². The van der Waals surface area contributed by atoms with Crippen LogP contribution in [0.15, 0.2) is 59.5 Å². The molecule has 33 heavy (non-hydrogen) atoms. The van der Waals surface area contributed by atoms with Gasteiger partial charge in [-0.15, -0.1) is 0 Å². The number of hydrogen-bond acceptors (Lipinski definition) is 5. The molecule has 0 aliphatic carbocycles. The monoisotopic (exact) mass is 468 g/mol. The normalized spacial score (nSPS) is 11.9. The molecule has 0 unspecified atom stereocenters. The molecule has 0 fully saturated rings. The van der Waals surface area contributed by atoms with Gasteiger partial charge in [-0.05, 0) is 46.9 Å². The minimum atomic E-state index is -3.37. The van der Waals surface area contributed by atoms with Crippen LogP contribution in [0, 0.1) is 0 Å². The number of pyridine rings is 1. The summed E-state index contributed by atoms with van der Waals surface area (Å²) < 4.78 is 31.0. The van der Waals surface area contributed by atoms with Crippen molar-refractivity contribution in [3.05, 3.63) is 87.3 Å². The number of ether oxygens (including phenoxy) is 1. The molecule has 0 amide bonds. The van der Waals surface area contributed by atoms with Gasteiger partial charge in [-0.1, -0.05) is 39.0 Å². The highest BCUT2D eigenvalue weighted by Gasteiger charge is 2.26. The lowest BCUT2D eigenvalue weighted by molar-refractivity contribution is 0.103. The zero-order chi connectivity index (χ0) is 24.4. The van der Waals surface area contributed by atoms with Crippen molar-refractivity contribution in [1.82, 2.24) is 9.71 Å². The van der Waals surface area contributed by atoms with Gasteiger partial charge in [0.25, 0.3) is 5.56 Å². The smallest absolute Gasteiger partial charge is 0.255 e. The second-order valence-electron chi connectivity index (χ2n) is 8.89. The molecular formula is C25H28N2O5S. The predicted octanol–water partition coefficient (Wildman–Crippen LogP) is 3.63. The maximum Gasteiger partial charge on any atom is 0.255 e. The number of aromatic nitrogens is 1. The van der Waals surface area contributed by atoms with Gasteiger partial charge in [-0.25, -0.2) is 13.1 Å². The first-order chi connectivity index (χ1) is 15.4. The van der Waals surface area contributed by atoms with E-state index < -0.39 is 10.0 Å². The number of ketones is 1. The van der Waals surface area contributed by atoms with E-state index in [0.29, 0.717) is 33.6 Å². The highest BCUT2D eigenvalue weighted by atomic mass is 32.2. The number of benzene rings is 2. The Kier molecular flexibility index (Phi) is 6.90. The molecule has 0 spiro atoms. The van der Waals surface area contributed by atoms with Crippen molar-refractivity contribution in [3.8, 4) is 16.9 Å². The van der Waals surface area contributed by atoms with Gasteiger partial charge < -0.3 is 9.72 Å². The van der Waals surface area contributed by atoms with Crippen LogP contribution in [-0.4, -0.2) is 32.6 Å². The number of sulfonamides is 1. The Morgan fingerprint density at radius 3 is 2.42 bits per heavy atom. The zero-order valence-corrected chi connectivity index (χ0v) is 20.2. The van der Waals surface area contributed by atoms with Crippen molar-refractivity contribution in [1.29, 1.82) is 0 Å². The highest BCUT2D eigenvalue weighted by molar-refractivity contribution is 7.88. The predicted molar refractivity (Wildman–Crippen MR) is 129 cm³/mol. The number of hydrogen-bond donors (Lipinski definition) is 2. The minimum absolute atomic E-state index is 0.0732. The lowest BCUT2D eigenvalue weighted by atomic mass is 9.82. The first-order valence-corrected chi connectivity index (χ1v) is 12.3. The number of methoxy groups -OCH3 is 1. The van der Waals surface area contributed by atoms with E-state index in [-0.39, 0.29) is 23.3 Å². The molecule has 1 aromatic heterocycles. The van der Waals surface area contributed by atoms with Crippen LogP contribution in [0.4, 0.5) is 0 Å². The molecule has 174 valence electrons. The summed E-state index contributed by atoms with van der Waals surface area (Å²) in [5.41, 5.74) is 2.61. The Balaban J connectivity index is 2.17. The number of carbonyl (C=O) groups excluding carboxylic acids is 1. The molecule has 0 saturated heterocycles. The number of rotatable bonds is 7. The van der Waals surface area contributed by atoms with E-state index >= 15 is 0 Å². The van der Waals surface area contributed by atoms with E-state index in [1.165, 1.54) is 7.11 Å². The summed E-state index contributed by atoms with van der Waals surface area (Å²) in [6, 6.07) is 13.8. The first kappa shape index (κ1) is 24.4. The van der Waals surface area contributed by atoms with Crippen LogP contribution < -0.4 is 15.0 Å². The van der Waals surface area contributed by atoms with Gasteiger partial charge in [-0.3, -0.25) is 9.59 Å². The van der Waals surface area contributed by atoms with Gasteiger partial charge >= 0.3 is 0 Å². The minimum Gasteiger partial charge on any atom is -0.496 e. The Labute approximate surface area is 193 Å². The molecule has 8 heteroatoms. The van der Waals surface area contributed by atoms with Crippen LogP contribution in [0.5, 0.6) is 5.75 Å². The molecule has 0 bridgehead atoms. The van der Waals surface area contributed by atoms with Crippen molar-refractivity contribution in [2.45, 2.75) is 32.7 Å². The summed E-state index contributed by atoms with van der Waals surface area (Å²) in [5, 5.41) is 0. The average Bonchev–Trinajstić information content (AvgIpc) is 2.75. The number of nitrogens with one attached hydrogen (secondary N) is 2. The van der Waals surface area contributed by atoms with Crippen LogP contribution in [-0.2, 0) is 22.0 Å². The summed E-state index contributed by atoms with van der Waals surface area (Å²) in [4.78, 5) is 28.7. The summed E-state index contributed by atoms with van der Waals surface area (Å²) in [7, 11) is -1.85. The van der Waals surface area contributed by atoms with Crippen molar-refractivity contribution in [2.24, 2.45) is 0 Å². The second kappa shape index (κ2) is 9.33. The molecule has 0 radical (unpaired) electrons. The molecule has 0 atom stereocenters. The van der Waals surface area contributed by atoms with E-state index in [4.69, 9.17) is 4.74 Å². The average molecular weight is 469 g/mol. The molecule has 0 aliphatic rings. The lowest BCUT2D eigenvalue weighted by Gasteiger charge is -2.25. The molecule has 1 heterocycles. The fourth-order valence-corrected chi connectivity index (χ4v) is 4.00. The van der Waals surface area contributed by atoms with E-state index in [1.54, 1.807) is 48.7 Å². The summed E-state index contributed by atoms with van der Waals surface area (Å²) in [6.45, 7) is 6.10. The summed E-state index contributed by atoms with van der Waals surface area (Å²) in [6.07, 6.45) is 2.64. The third kappa shape index (κ3) is 5.77. The molecule has 0 aliphatic heterocycles. The van der Waals surface area contributed by atoms with Gasteiger partial charge in [0, 0.05) is 29.4 Å². The number of carbonyl (C=O) groups is 1. The van der Waals surface area contributed by atoms with Crippen molar-refractivity contribution >= 4 is 15.8 Å². The second-order valence-corrected chi connectivity index (χ2v) is 10.7. The molecule has 2 N–H and O–H groups in total. The van der Waals surface area contributed by atoms with Crippen LogP contribution in [0.3, 0.4) is 0 Å². The molecule has 2 aromatic carbocycles. The molecule has 0 saturated carbocycles.